The highest BCUT2D eigenvalue weighted by molar-refractivity contribution is 7.89. The highest BCUT2D eigenvalue weighted by Crippen LogP contribution is 2.21. The molecule has 0 radical (unpaired) electrons. The summed E-state index contributed by atoms with van der Waals surface area (Å²) in [6.07, 6.45) is 0.313. The third kappa shape index (κ3) is 7.60. The molecule has 0 saturated carbocycles. The van der Waals surface area contributed by atoms with E-state index in [0.29, 0.717) is 43.5 Å². The zero-order chi connectivity index (χ0) is 28.5. The quantitative estimate of drug-likeness (QED) is 0.371. The highest BCUT2D eigenvalue weighted by Gasteiger charge is 2.30. The topological polar surface area (TPSA) is 105 Å². The van der Waals surface area contributed by atoms with Gasteiger partial charge in [0, 0.05) is 38.1 Å². The van der Waals surface area contributed by atoms with E-state index in [1.807, 2.05) is 30.3 Å². The zero-order valence-corrected chi connectivity index (χ0v) is 23.7. The highest BCUT2D eigenvalue weighted by atomic mass is 35.5. The molecule has 1 unspecified atom stereocenters. The van der Waals surface area contributed by atoms with Gasteiger partial charge in [0.1, 0.15) is 11.8 Å². The lowest BCUT2D eigenvalue weighted by Gasteiger charge is -2.31. The van der Waals surface area contributed by atoms with Gasteiger partial charge in [-0.05, 0) is 47.5 Å². The van der Waals surface area contributed by atoms with Crippen molar-refractivity contribution >= 4 is 33.4 Å². The molecule has 3 aromatic rings. The number of carbonyl (C=O) groups excluding carboxylic acids is 2. The van der Waals surface area contributed by atoms with Gasteiger partial charge in [-0.3, -0.25) is 9.59 Å². The molecule has 1 atom stereocenters. The van der Waals surface area contributed by atoms with Gasteiger partial charge in [0.2, 0.25) is 15.9 Å². The van der Waals surface area contributed by atoms with Crippen LogP contribution < -0.4 is 10.1 Å². The maximum absolute atomic E-state index is 13.6. The second-order valence-electron chi connectivity index (χ2n) is 9.24. The number of nitrogens with zero attached hydrogens (tertiary/aromatic N) is 2. The molecular weight excluding hydrogens is 554 g/mol. The van der Waals surface area contributed by atoms with E-state index in [2.05, 4.69) is 5.32 Å². The molecule has 1 saturated heterocycles. The van der Waals surface area contributed by atoms with Crippen LogP contribution in [-0.2, 0) is 37.3 Å². The van der Waals surface area contributed by atoms with Crippen molar-refractivity contribution in [2.24, 2.45) is 0 Å². The molecule has 4 rings (SSSR count). The van der Waals surface area contributed by atoms with E-state index >= 15 is 0 Å². The first kappa shape index (κ1) is 29.5. The van der Waals surface area contributed by atoms with Crippen molar-refractivity contribution in [1.29, 1.82) is 0 Å². The van der Waals surface area contributed by atoms with Crippen molar-refractivity contribution in [3.8, 4) is 5.75 Å². The molecule has 212 valence electrons. The standard InChI is InChI=1S/C29H32ClN3O6S/c1-31-29(35)27(19-22-5-3-2-4-6-22)33(20-23-7-9-24(30)10-8-23)28(34)21-39-25-11-13-26(14-12-25)40(36,37)32-15-17-38-18-16-32/h2-14,27H,15-21H2,1H3,(H,31,35). The van der Waals surface area contributed by atoms with Crippen LogP contribution in [0.1, 0.15) is 11.1 Å². The Morgan fingerprint density at radius 2 is 1.62 bits per heavy atom. The van der Waals surface area contributed by atoms with Crippen LogP contribution in [0.25, 0.3) is 0 Å². The molecule has 1 aliphatic heterocycles. The molecule has 1 N–H and O–H groups in total. The number of ether oxygens (including phenoxy) is 2. The average molecular weight is 586 g/mol. The number of sulfonamides is 1. The molecular formula is C29H32ClN3O6S. The first-order valence-corrected chi connectivity index (χ1v) is 14.7. The molecule has 40 heavy (non-hydrogen) atoms. The van der Waals surface area contributed by atoms with Crippen LogP contribution in [0.4, 0.5) is 0 Å². The summed E-state index contributed by atoms with van der Waals surface area (Å²) < 4.78 is 38.2. The van der Waals surface area contributed by atoms with Gasteiger partial charge in [0.05, 0.1) is 18.1 Å². The molecule has 9 nitrogen and oxygen atoms in total. The molecule has 0 bridgehead atoms. The summed E-state index contributed by atoms with van der Waals surface area (Å²) in [6.45, 7) is 1.14. The SMILES string of the molecule is CNC(=O)C(Cc1ccccc1)N(Cc1ccc(Cl)cc1)C(=O)COc1ccc(S(=O)(=O)N2CCOCC2)cc1. The Morgan fingerprint density at radius 1 is 0.975 bits per heavy atom. The van der Waals surface area contributed by atoms with Crippen LogP contribution in [0, 0.1) is 0 Å². The number of rotatable bonds is 11. The molecule has 0 aliphatic carbocycles. The van der Waals surface area contributed by atoms with Gasteiger partial charge in [-0.1, -0.05) is 54.1 Å². The van der Waals surface area contributed by atoms with E-state index < -0.39 is 22.0 Å². The summed E-state index contributed by atoms with van der Waals surface area (Å²) >= 11 is 6.04. The van der Waals surface area contributed by atoms with Crippen LogP contribution in [0.2, 0.25) is 5.02 Å². The fourth-order valence-electron chi connectivity index (χ4n) is 4.38. The Morgan fingerprint density at radius 3 is 2.25 bits per heavy atom. The van der Waals surface area contributed by atoms with Crippen LogP contribution in [0.5, 0.6) is 5.75 Å². The number of amides is 2. The number of hydrogen-bond donors (Lipinski definition) is 1. The summed E-state index contributed by atoms with van der Waals surface area (Å²) in [5.74, 6) is -0.367. The van der Waals surface area contributed by atoms with Crippen molar-refractivity contribution in [2.45, 2.75) is 23.9 Å². The smallest absolute Gasteiger partial charge is 0.261 e. The van der Waals surface area contributed by atoms with Crippen LogP contribution in [-0.4, -0.2) is 75.4 Å². The minimum absolute atomic E-state index is 0.139. The Balaban J connectivity index is 1.51. The second-order valence-corrected chi connectivity index (χ2v) is 11.6. The lowest BCUT2D eigenvalue weighted by atomic mass is 10.0. The van der Waals surface area contributed by atoms with Gasteiger partial charge in [-0.15, -0.1) is 0 Å². The summed E-state index contributed by atoms with van der Waals surface area (Å²) in [7, 11) is -2.11. The van der Waals surface area contributed by atoms with Crippen molar-refractivity contribution in [3.63, 3.8) is 0 Å². The first-order valence-electron chi connectivity index (χ1n) is 12.9. The molecule has 1 fully saturated rings. The van der Waals surface area contributed by atoms with Crippen molar-refractivity contribution < 1.29 is 27.5 Å². The third-order valence-corrected chi connectivity index (χ3v) is 8.74. The maximum Gasteiger partial charge on any atom is 0.261 e. The minimum Gasteiger partial charge on any atom is -0.484 e. The molecule has 1 heterocycles. The number of hydrogen-bond acceptors (Lipinski definition) is 6. The minimum atomic E-state index is -3.65. The maximum atomic E-state index is 13.6. The first-order chi connectivity index (χ1) is 19.3. The molecule has 0 spiro atoms. The Labute approximate surface area is 239 Å². The number of halogens is 1. The summed E-state index contributed by atoms with van der Waals surface area (Å²) in [6, 6.07) is 21.7. The Hall–Kier alpha value is -3.44. The summed E-state index contributed by atoms with van der Waals surface area (Å²) in [5.41, 5.74) is 1.71. The van der Waals surface area contributed by atoms with Gasteiger partial charge in [0.25, 0.3) is 5.91 Å². The van der Waals surface area contributed by atoms with Crippen LogP contribution in [0.15, 0.2) is 83.8 Å². The van der Waals surface area contributed by atoms with Gasteiger partial charge in [0.15, 0.2) is 6.61 Å². The van der Waals surface area contributed by atoms with Gasteiger partial charge < -0.3 is 19.7 Å². The number of carbonyl (C=O) groups is 2. The monoisotopic (exact) mass is 585 g/mol. The van der Waals surface area contributed by atoms with E-state index in [0.717, 1.165) is 11.1 Å². The Bertz CT molecular complexity index is 1380. The third-order valence-electron chi connectivity index (χ3n) is 6.58. The molecule has 0 aromatic heterocycles. The summed E-state index contributed by atoms with van der Waals surface area (Å²) in [5, 5.41) is 3.24. The molecule has 1 aliphatic rings. The van der Waals surface area contributed by atoms with E-state index in [-0.39, 0.29) is 24.0 Å². The van der Waals surface area contributed by atoms with Crippen LogP contribution in [0.3, 0.4) is 0 Å². The van der Waals surface area contributed by atoms with E-state index in [9.17, 15) is 18.0 Å². The normalized spacial score (nSPS) is 14.8. The van der Waals surface area contributed by atoms with E-state index in [1.165, 1.54) is 40.5 Å². The zero-order valence-electron chi connectivity index (χ0n) is 22.2. The Kier molecular flexibility index (Phi) is 10.2. The van der Waals surface area contributed by atoms with Gasteiger partial charge >= 0.3 is 0 Å². The fraction of sp³-hybridized carbons (Fsp3) is 0.310. The van der Waals surface area contributed by atoms with Crippen LogP contribution >= 0.6 is 11.6 Å². The lowest BCUT2D eigenvalue weighted by Crippen LogP contribution is -2.51. The van der Waals surface area contributed by atoms with Gasteiger partial charge in [-0.25, -0.2) is 8.42 Å². The molecule has 11 heteroatoms. The largest absolute Gasteiger partial charge is 0.484 e. The van der Waals surface area contributed by atoms with E-state index in [4.69, 9.17) is 21.1 Å². The predicted octanol–water partition coefficient (Wildman–Crippen LogP) is 3.13. The predicted molar refractivity (Wildman–Crippen MR) is 152 cm³/mol. The lowest BCUT2D eigenvalue weighted by molar-refractivity contribution is -0.142. The second kappa shape index (κ2) is 13.8. The van der Waals surface area contributed by atoms with Crippen molar-refractivity contribution in [3.05, 3.63) is 95.0 Å². The van der Waals surface area contributed by atoms with E-state index in [1.54, 1.807) is 24.3 Å². The number of likely N-dealkylation sites (N-methyl/N-ethyl adjacent to an activating group) is 1. The van der Waals surface area contributed by atoms with Crippen molar-refractivity contribution in [1.82, 2.24) is 14.5 Å². The average Bonchev–Trinajstić information content (AvgIpc) is 2.99. The summed E-state index contributed by atoms with van der Waals surface area (Å²) in [4.78, 5) is 28.2. The number of nitrogens with one attached hydrogen (secondary N) is 1. The molecule has 3 aromatic carbocycles. The van der Waals surface area contributed by atoms with Gasteiger partial charge in [-0.2, -0.15) is 4.31 Å². The number of benzene rings is 3. The fourth-order valence-corrected chi connectivity index (χ4v) is 5.91. The van der Waals surface area contributed by atoms with Crippen molar-refractivity contribution in [2.75, 3.05) is 40.0 Å². The molecule has 2 amide bonds. The number of morpholine rings is 1.